The van der Waals surface area contributed by atoms with E-state index in [2.05, 4.69) is 17.9 Å². The monoisotopic (exact) mass is 321 g/mol. The second-order valence-electron chi connectivity index (χ2n) is 3.87. The molecule has 0 aliphatic heterocycles. The number of nitrogens with two attached hydrogens (primary N) is 1. The van der Waals surface area contributed by atoms with Gasteiger partial charge < -0.3 is 19.9 Å². The van der Waals surface area contributed by atoms with Crippen molar-refractivity contribution in [1.82, 2.24) is 0 Å². The molecule has 0 radical (unpaired) electrons. The summed E-state index contributed by atoms with van der Waals surface area (Å²) in [4.78, 5) is 33.1. The molecule has 0 aromatic heterocycles. The van der Waals surface area contributed by atoms with Gasteiger partial charge in [-0.05, 0) is 19.1 Å². The summed E-state index contributed by atoms with van der Waals surface area (Å²) in [6.45, 7) is 8.90. The molecule has 0 unspecified atom stereocenters. The van der Waals surface area contributed by atoms with Crippen molar-refractivity contribution in [3.63, 3.8) is 0 Å². The highest BCUT2D eigenvalue weighted by Crippen LogP contribution is 2.23. The summed E-state index contributed by atoms with van der Waals surface area (Å²) in [5.74, 6) is -1.33. The maximum absolute atomic E-state index is 11.7. The average molecular weight is 321 g/mol. The molecule has 0 atom stereocenters. The van der Waals surface area contributed by atoms with Crippen molar-refractivity contribution in [1.29, 1.82) is 0 Å². The summed E-state index contributed by atoms with van der Waals surface area (Å²) in [5, 5.41) is 0. The molecule has 1 rings (SSSR count). The number of esters is 2. The van der Waals surface area contributed by atoms with Crippen molar-refractivity contribution in [2.75, 3.05) is 13.2 Å². The molecule has 124 valence electrons. The molecule has 0 fully saturated rings. The Hall–Kier alpha value is -2.93. The second kappa shape index (κ2) is 11.7. The minimum Gasteiger partial charge on any atom is -0.461 e. The molecule has 23 heavy (non-hydrogen) atoms. The Bertz CT molecular complexity index is 568. The van der Waals surface area contributed by atoms with E-state index in [4.69, 9.17) is 15.2 Å². The Labute approximate surface area is 134 Å². The van der Waals surface area contributed by atoms with Gasteiger partial charge in [-0.1, -0.05) is 12.7 Å². The number of hydrogen-bond donors (Lipinski definition) is 1. The highest BCUT2D eigenvalue weighted by atomic mass is 16.5. The van der Waals surface area contributed by atoms with E-state index in [1.807, 2.05) is 6.92 Å². The first-order valence-corrected chi connectivity index (χ1v) is 6.56. The molecule has 1 aromatic rings. The largest absolute Gasteiger partial charge is 0.461 e. The van der Waals surface area contributed by atoms with Crippen molar-refractivity contribution in [3.8, 4) is 11.5 Å². The number of benzene rings is 1. The quantitative estimate of drug-likeness (QED) is 0.267. The van der Waals surface area contributed by atoms with Gasteiger partial charge in [0.15, 0.2) is 0 Å². The third-order valence-corrected chi connectivity index (χ3v) is 2.04. The predicted octanol–water partition coefficient (Wildman–Crippen LogP) is 1.62. The number of ether oxygens (including phenoxy) is 3. The molecule has 0 amide bonds. The Morgan fingerprint density at radius 2 is 1.83 bits per heavy atom. The molecule has 7 nitrogen and oxygen atoms in total. The molecule has 0 heterocycles. The lowest BCUT2D eigenvalue weighted by Crippen LogP contribution is -2.14. The van der Waals surface area contributed by atoms with E-state index in [1.165, 1.54) is 18.2 Å². The van der Waals surface area contributed by atoms with Crippen LogP contribution < -0.4 is 15.2 Å². The van der Waals surface area contributed by atoms with Gasteiger partial charge in [0, 0.05) is 18.7 Å². The Balaban J connectivity index is 0.00000149. The number of allylic oxidation sites excluding steroid dienone is 1. The first-order valence-electron chi connectivity index (χ1n) is 6.56. The SMILES string of the molecule is C=CC.C=CC(=O)Oc1cc(OC=O)cc(C(=O)OCCN)c1. The lowest BCUT2D eigenvalue weighted by atomic mass is 10.2. The van der Waals surface area contributed by atoms with Gasteiger partial charge in [0.05, 0.1) is 5.56 Å². The van der Waals surface area contributed by atoms with Crippen LogP contribution in [0.5, 0.6) is 11.5 Å². The average Bonchev–Trinajstić information content (AvgIpc) is 2.53. The molecular formula is C16H19NO6. The van der Waals surface area contributed by atoms with Gasteiger partial charge in [-0.2, -0.15) is 0 Å². The van der Waals surface area contributed by atoms with Crippen molar-refractivity contribution in [3.05, 3.63) is 49.1 Å². The lowest BCUT2D eigenvalue weighted by Gasteiger charge is -2.08. The van der Waals surface area contributed by atoms with Crippen LogP contribution in [0.25, 0.3) is 0 Å². The fourth-order valence-electron chi connectivity index (χ4n) is 1.26. The van der Waals surface area contributed by atoms with E-state index in [-0.39, 0.29) is 36.7 Å². The zero-order valence-electron chi connectivity index (χ0n) is 12.8. The maximum Gasteiger partial charge on any atom is 0.338 e. The fraction of sp³-hybridized carbons (Fsp3) is 0.188. The second-order valence-corrected chi connectivity index (χ2v) is 3.87. The highest BCUT2D eigenvalue weighted by Gasteiger charge is 2.13. The molecule has 2 N–H and O–H groups in total. The molecule has 0 spiro atoms. The number of rotatable bonds is 7. The van der Waals surface area contributed by atoms with E-state index in [1.54, 1.807) is 6.08 Å². The minimum atomic E-state index is -0.713. The predicted molar refractivity (Wildman–Crippen MR) is 84.2 cm³/mol. The van der Waals surface area contributed by atoms with E-state index in [0.717, 1.165) is 6.08 Å². The number of carbonyl (C=O) groups excluding carboxylic acids is 3. The molecule has 0 bridgehead atoms. The summed E-state index contributed by atoms with van der Waals surface area (Å²) in [6.07, 6.45) is 2.71. The molecule has 0 aliphatic carbocycles. The maximum atomic E-state index is 11.7. The van der Waals surface area contributed by atoms with Crippen LogP contribution in [0.2, 0.25) is 0 Å². The van der Waals surface area contributed by atoms with E-state index in [0.29, 0.717) is 0 Å². The van der Waals surface area contributed by atoms with Crippen LogP contribution in [0.3, 0.4) is 0 Å². The van der Waals surface area contributed by atoms with Crippen molar-refractivity contribution in [2.24, 2.45) is 5.73 Å². The molecule has 0 saturated carbocycles. The molecular weight excluding hydrogens is 302 g/mol. The number of hydrogen-bond acceptors (Lipinski definition) is 7. The normalized spacial score (nSPS) is 8.78. The molecule has 7 heteroatoms. The summed E-state index contributed by atoms with van der Waals surface area (Å²) in [5.41, 5.74) is 5.28. The van der Waals surface area contributed by atoms with Crippen LogP contribution in [0.1, 0.15) is 17.3 Å². The Morgan fingerprint density at radius 1 is 1.22 bits per heavy atom. The van der Waals surface area contributed by atoms with Gasteiger partial charge in [0.1, 0.15) is 18.1 Å². The molecule has 1 aromatic carbocycles. The first kappa shape index (κ1) is 20.1. The number of carbonyl (C=O) groups is 3. The van der Waals surface area contributed by atoms with Crippen LogP contribution in [0.4, 0.5) is 0 Å². The Morgan fingerprint density at radius 3 is 2.35 bits per heavy atom. The first-order chi connectivity index (χ1) is 11.0. The minimum absolute atomic E-state index is 0.0222. The van der Waals surface area contributed by atoms with E-state index in [9.17, 15) is 14.4 Å². The van der Waals surface area contributed by atoms with Gasteiger partial charge in [-0.15, -0.1) is 6.58 Å². The highest BCUT2D eigenvalue weighted by molar-refractivity contribution is 5.91. The summed E-state index contributed by atoms with van der Waals surface area (Å²) in [7, 11) is 0. The van der Waals surface area contributed by atoms with Crippen LogP contribution in [0.15, 0.2) is 43.5 Å². The standard InChI is InChI=1S/C13H13NO6.C3H6/c1-2-12(16)20-11-6-9(13(17)18-4-3-14)5-10(7-11)19-8-15;1-3-2/h2,5-8H,1,3-4,14H2;3H,1H2,2H3. The van der Waals surface area contributed by atoms with Gasteiger partial charge in [-0.25, -0.2) is 9.59 Å². The lowest BCUT2D eigenvalue weighted by molar-refractivity contribution is -0.129. The molecule has 0 saturated heterocycles. The molecule has 0 aliphatic rings. The topological polar surface area (TPSA) is 105 Å². The van der Waals surface area contributed by atoms with Gasteiger partial charge in [-0.3, -0.25) is 4.79 Å². The van der Waals surface area contributed by atoms with Crippen LogP contribution in [-0.4, -0.2) is 31.6 Å². The Kier molecular flexibility index (Phi) is 10.2. The third kappa shape index (κ3) is 8.18. The van der Waals surface area contributed by atoms with Crippen molar-refractivity contribution < 1.29 is 28.6 Å². The van der Waals surface area contributed by atoms with Crippen LogP contribution in [0, 0.1) is 0 Å². The summed E-state index contributed by atoms with van der Waals surface area (Å²) in [6, 6.07) is 3.83. The zero-order chi connectivity index (χ0) is 17.7. The van der Waals surface area contributed by atoms with E-state index >= 15 is 0 Å². The van der Waals surface area contributed by atoms with Gasteiger partial charge >= 0.3 is 11.9 Å². The van der Waals surface area contributed by atoms with Crippen LogP contribution in [-0.2, 0) is 14.3 Å². The zero-order valence-corrected chi connectivity index (χ0v) is 12.8. The van der Waals surface area contributed by atoms with E-state index < -0.39 is 11.9 Å². The van der Waals surface area contributed by atoms with Gasteiger partial charge in [0.25, 0.3) is 6.47 Å². The van der Waals surface area contributed by atoms with Crippen molar-refractivity contribution >= 4 is 18.4 Å². The van der Waals surface area contributed by atoms with Crippen molar-refractivity contribution in [2.45, 2.75) is 6.92 Å². The smallest absolute Gasteiger partial charge is 0.338 e. The van der Waals surface area contributed by atoms with Crippen LogP contribution >= 0.6 is 0 Å². The third-order valence-electron chi connectivity index (χ3n) is 2.04. The van der Waals surface area contributed by atoms with Gasteiger partial charge in [0.2, 0.25) is 0 Å². The summed E-state index contributed by atoms with van der Waals surface area (Å²) >= 11 is 0. The fourth-order valence-corrected chi connectivity index (χ4v) is 1.26. The summed E-state index contributed by atoms with van der Waals surface area (Å²) < 4.78 is 14.3.